The second-order valence-corrected chi connectivity index (χ2v) is 4.28. The minimum Gasteiger partial charge on any atom is -0.298 e. The van der Waals surface area contributed by atoms with Gasteiger partial charge in [-0.1, -0.05) is 30.3 Å². The van der Waals surface area contributed by atoms with E-state index < -0.39 is 0 Å². The van der Waals surface area contributed by atoms with Gasteiger partial charge in [0, 0.05) is 5.25 Å². The van der Waals surface area contributed by atoms with Gasteiger partial charge >= 0.3 is 0 Å². The summed E-state index contributed by atoms with van der Waals surface area (Å²) in [5.74, 6) is 0. The molecule has 1 nitrogen and oxygen atoms in total. The Hall–Kier alpha value is -0.760. The molecule has 1 unspecified atom stereocenters. The van der Waals surface area contributed by atoms with Crippen LogP contribution in [-0.4, -0.2) is 5.04 Å². The van der Waals surface area contributed by atoms with Gasteiger partial charge < -0.3 is 0 Å². The van der Waals surface area contributed by atoms with Gasteiger partial charge in [-0.15, -0.1) is 11.8 Å². The summed E-state index contributed by atoms with van der Waals surface area (Å²) in [6.07, 6.45) is 2.09. The van der Waals surface area contributed by atoms with Crippen molar-refractivity contribution in [1.29, 1.82) is 5.41 Å². The number of nitrogens with one attached hydrogen (secondary N) is 1. The van der Waals surface area contributed by atoms with Crippen molar-refractivity contribution in [3.05, 3.63) is 35.9 Å². The molecule has 1 aliphatic heterocycles. The van der Waals surface area contributed by atoms with Gasteiger partial charge in [0.15, 0.2) is 0 Å². The van der Waals surface area contributed by atoms with Gasteiger partial charge in [-0.05, 0) is 18.4 Å². The number of hydrogen-bond acceptors (Lipinski definition) is 2. The molecule has 0 aliphatic carbocycles. The lowest BCUT2D eigenvalue weighted by Crippen LogP contribution is -1.86. The first kappa shape index (κ1) is 7.87. The van der Waals surface area contributed by atoms with Crippen molar-refractivity contribution in [2.75, 3.05) is 0 Å². The molecule has 1 atom stereocenters. The average molecular weight is 177 g/mol. The topological polar surface area (TPSA) is 23.9 Å². The molecule has 2 heteroatoms. The fraction of sp³-hybridized carbons (Fsp3) is 0.300. The maximum absolute atomic E-state index is 7.49. The number of thioether (sulfide) groups is 1. The Kier molecular flexibility index (Phi) is 2.17. The highest BCUT2D eigenvalue weighted by molar-refractivity contribution is 8.14. The lowest BCUT2D eigenvalue weighted by atomic mass is 10.1. The smallest absolute Gasteiger partial charge is 0.0647 e. The monoisotopic (exact) mass is 177 g/mol. The van der Waals surface area contributed by atoms with E-state index in [4.69, 9.17) is 5.41 Å². The Bertz CT molecular complexity index is 281. The molecule has 0 spiro atoms. The van der Waals surface area contributed by atoms with E-state index in [1.807, 2.05) is 6.07 Å². The molecule has 0 aromatic heterocycles. The number of benzene rings is 1. The summed E-state index contributed by atoms with van der Waals surface area (Å²) in [6, 6.07) is 10.5. The van der Waals surface area contributed by atoms with E-state index in [9.17, 15) is 0 Å². The minimum absolute atomic E-state index is 0.540. The molecule has 1 N–H and O–H groups in total. The van der Waals surface area contributed by atoms with Crippen LogP contribution in [0.5, 0.6) is 0 Å². The second-order valence-electron chi connectivity index (χ2n) is 2.98. The Morgan fingerprint density at radius 1 is 1.25 bits per heavy atom. The van der Waals surface area contributed by atoms with Crippen LogP contribution in [0.15, 0.2) is 30.3 Å². The van der Waals surface area contributed by atoms with Crippen LogP contribution in [0, 0.1) is 5.41 Å². The molecular formula is C10H11NS. The van der Waals surface area contributed by atoms with Gasteiger partial charge in [0.1, 0.15) is 0 Å². The number of rotatable bonds is 1. The van der Waals surface area contributed by atoms with Crippen molar-refractivity contribution in [2.45, 2.75) is 18.1 Å². The van der Waals surface area contributed by atoms with Crippen LogP contribution in [0.2, 0.25) is 0 Å². The molecule has 1 aromatic carbocycles. The fourth-order valence-corrected chi connectivity index (χ4v) is 2.56. The Morgan fingerprint density at radius 3 is 2.58 bits per heavy atom. The Morgan fingerprint density at radius 2 is 2.00 bits per heavy atom. The highest BCUT2D eigenvalue weighted by atomic mass is 32.2. The summed E-state index contributed by atoms with van der Waals surface area (Å²) in [7, 11) is 0. The number of hydrogen-bond donors (Lipinski definition) is 1. The van der Waals surface area contributed by atoms with E-state index in [0.717, 1.165) is 17.9 Å². The van der Waals surface area contributed by atoms with E-state index in [2.05, 4.69) is 24.3 Å². The maximum Gasteiger partial charge on any atom is 0.0647 e. The highest BCUT2D eigenvalue weighted by Crippen LogP contribution is 2.40. The van der Waals surface area contributed by atoms with Crippen molar-refractivity contribution in [3.8, 4) is 0 Å². The van der Waals surface area contributed by atoms with Crippen molar-refractivity contribution < 1.29 is 0 Å². The maximum atomic E-state index is 7.49. The van der Waals surface area contributed by atoms with Crippen LogP contribution >= 0.6 is 11.8 Å². The zero-order valence-electron chi connectivity index (χ0n) is 6.79. The van der Waals surface area contributed by atoms with Crippen LogP contribution in [0.4, 0.5) is 0 Å². The SMILES string of the molecule is N=C1CCC(c2ccccc2)S1. The molecular weight excluding hydrogens is 166 g/mol. The third-order valence-electron chi connectivity index (χ3n) is 2.09. The first-order chi connectivity index (χ1) is 5.86. The lowest BCUT2D eigenvalue weighted by Gasteiger charge is -2.06. The van der Waals surface area contributed by atoms with Crippen molar-refractivity contribution in [2.24, 2.45) is 0 Å². The summed E-state index contributed by atoms with van der Waals surface area (Å²) >= 11 is 1.70. The van der Waals surface area contributed by atoms with Crippen molar-refractivity contribution >= 4 is 16.8 Å². The first-order valence-electron chi connectivity index (χ1n) is 4.15. The summed E-state index contributed by atoms with van der Waals surface area (Å²) in [5, 5.41) is 8.87. The minimum atomic E-state index is 0.540. The van der Waals surface area contributed by atoms with E-state index >= 15 is 0 Å². The predicted molar refractivity (Wildman–Crippen MR) is 53.7 cm³/mol. The van der Waals surface area contributed by atoms with Crippen LogP contribution in [0.25, 0.3) is 0 Å². The van der Waals surface area contributed by atoms with Gasteiger partial charge in [0.25, 0.3) is 0 Å². The van der Waals surface area contributed by atoms with Crippen LogP contribution in [-0.2, 0) is 0 Å². The highest BCUT2D eigenvalue weighted by Gasteiger charge is 2.21. The van der Waals surface area contributed by atoms with Crippen LogP contribution in [0.3, 0.4) is 0 Å². The van der Waals surface area contributed by atoms with E-state index in [-0.39, 0.29) is 0 Å². The normalized spacial score (nSPS) is 23.0. The van der Waals surface area contributed by atoms with E-state index in [1.54, 1.807) is 11.8 Å². The quantitative estimate of drug-likeness (QED) is 0.699. The molecule has 62 valence electrons. The van der Waals surface area contributed by atoms with Gasteiger partial charge in [0.2, 0.25) is 0 Å². The first-order valence-corrected chi connectivity index (χ1v) is 5.03. The van der Waals surface area contributed by atoms with Gasteiger partial charge in [-0.2, -0.15) is 0 Å². The van der Waals surface area contributed by atoms with Crippen LogP contribution in [0.1, 0.15) is 23.7 Å². The molecule has 1 heterocycles. The third kappa shape index (κ3) is 1.53. The van der Waals surface area contributed by atoms with E-state index in [0.29, 0.717) is 5.25 Å². The van der Waals surface area contributed by atoms with Crippen molar-refractivity contribution in [3.63, 3.8) is 0 Å². The van der Waals surface area contributed by atoms with E-state index in [1.165, 1.54) is 5.56 Å². The predicted octanol–water partition coefficient (Wildman–Crippen LogP) is 3.23. The summed E-state index contributed by atoms with van der Waals surface area (Å²) in [6.45, 7) is 0. The molecule has 0 bridgehead atoms. The fourth-order valence-electron chi connectivity index (χ4n) is 1.45. The molecule has 12 heavy (non-hydrogen) atoms. The molecule has 1 saturated heterocycles. The van der Waals surface area contributed by atoms with Gasteiger partial charge in [-0.3, -0.25) is 5.41 Å². The Balaban J connectivity index is 2.16. The average Bonchev–Trinajstić information content (AvgIpc) is 2.54. The zero-order chi connectivity index (χ0) is 8.39. The summed E-state index contributed by atoms with van der Waals surface area (Å²) in [5.41, 5.74) is 1.37. The molecule has 1 aliphatic rings. The molecule has 0 saturated carbocycles. The standard InChI is InChI=1S/C10H11NS/c11-10-7-6-9(12-10)8-4-2-1-3-5-8/h1-5,9,11H,6-7H2. The largest absolute Gasteiger partial charge is 0.298 e. The molecule has 1 aromatic rings. The van der Waals surface area contributed by atoms with Gasteiger partial charge in [0.05, 0.1) is 5.04 Å². The molecule has 0 amide bonds. The summed E-state index contributed by atoms with van der Waals surface area (Å²) in [4.78, 5) is 0. The lowest BCUT2D eigenvalue weighted by molar-refractivity contribution is 0.872. The summed E-state index contributed by atoms with van der Waals surface area (Å²) < 4.78 is 0. The molecule has 0 radical (unpaired) electrons. The molecule has 1 fully saturated rings. The third-order valence-corrected chi connectivity index (χ3v) is 3.37. The van der Waals surface area contributed by atoms with Crippen LogP contribution < -0.4 is 0 Å². The second kappa shape index (κ2) is 3.31. The molecule has 2 rings (SSSR count). The van der Waals surface area contributed by atoms with Gasteiger partial charge in [-0.25, -0.2) is 0 Å². The zero-order valence-corrected chi connectivity index (χ0v) is 7.60. The van der Waals surface area contributed by atoms with Crippen molar-refractivity contribution in [1.82, 2.24) is 0 Å². The Labute approximate surface area is 76.7 Å².